The zero-order valence-corrected chi connectivity index (χ0v) is 20.1. The molecular formula is C32H27NO3. The predicted octanol–water partition coefficient (Wildman–Crippen LogP) is 7.41. The Kier molecular flexibility index (Phi) is 6.76. The molecule has 36 heavy (non-hydrogen) atoms. The van der Waals surface area contributed by atoms with Crippen molar-refractivity contribution < 1.29 is 14.3 Å². The van der Waals surface area contributed by atoms with Crippen LogP contribution in [-0.4, -0.2) is 11.7 Å². The molecule has 0 spiro atoms. The van der Waals surface area contributed by atoms with Crippen LogP contribution in [0, 0.1) is 0 Å². The second-order valence-electron chi connectivity index (χ2n) is 8.78. The molecule has 4 aromatic rings. The highest BCUT2D eigenvalue weighted by Gasteiger charge is 2.29. The molecule has 5 rings (SSSR count). The first-order valence-electron chi connectivity index (χ1n) is 12.2. The molecule has 0 radical (unpaired) electrons. The van der Waals surface area contributed by atoms with Crippen LogP contribution in [-0.2, 0) is 11.2 Å². The summed E-state index contributed by atoms with van der Waals surface area (Å²) >= 11 is 0. The van der Waals surface area contributed by atoms with Crippen molar-refractivity contribution in [3.63, 3.8) is 0 Å². The molecule has 4 aromatic carbocycles. The predicted molar refractivity (Wildman–Crippen MR) is 144 cm³/mol. The number of ether oxygens (including phenoxy) is 1. The minimum Gasteiger partial charge on any atom is -0.457 e. The van der Waals surface area contributed by atoms with E-state index in [1.54, 1.807) is 24.3 Å². The van der Waals surface area contributed by atoms with E-state index in [0.29, 0.717) is 5.56 Å². The Hall–Kier alpha value is -4.44. The number of aryl methyl sites for hydroxylation is 1. The molecular weight excluding hydrogens is 446 g/mol. The van der Waals surface area contributed by atoms with E-state index in [9.17, 15) is 9.59 Å². The van der Waals surface area contributed by atoms with Crippen LogP contribution in [0.5, 0.6) is 11.5 Å². The maximum absolute atomic E-state index is 13.4. The van der Waals surface area contributed by atoms with E-state index in [4.69, 9.17) is 4.74 Å². The maximum Gasteiger partial charge on any atom is 0.225 e. The standard InChI is InChI=1S/C32H27NO3/c1-2-22-13-10-14-24(19-20-28(34)23-11-4-3-5-12-23)32(22)33-31(35)21-27-25-15-6-8-17-29(25)36-30-18-9-7-16-26(27)30/h3-20,27H,2,21H2,1H3,(H,33,35)/b20-19+. The Labute approximate surface area is 211 Å². The maximum atomic E-state index is 13.4. The normalized spacial score (nSPS) is 12.5. The van der Waals surface area contributed by atoms with Crippen LogP contribution < -0.4 is 10.1 Å². The van der Waals surface area contributed by atoms with Crippen molar-refractivity contribution in [2.45, 2.75) is 25.7 Å². The third-order valence-corrected chi connectivity index (χ3v) is 6.50. The largest absolute Gasteiger partial charge is 0.457 e. The highest BCUT2D eigenvalue weighted by Crippen LogP contribution is 2.45. The van der Waals surface area contributed by atoms with Crippen LogP contribution in [0.4, 0.5) is 5.69 Å². The van der Waals surface area contributed by atoms with Crippen LogP contribution >= 0.6 is 0 Å². The number of hydrogen-bond donors (Lipinski definition) is 1. The number of carbonyl (C=O) groups is 2. The second-order valence-corrected chi connectivity index (χ2v) is 8.78. The summed E-state index contributed by atoms with van der Waals surface area (Å²) in [4.78, 5) is 26.1. The van der Waals surface area contributed by atoms with Crippen molar-refractivity contribution in [3.05, 3.63) is 131 Å². The lowest BCUT2D eigenvalue weighted by Crippen LogP contribution is -2.20. The van der Waals surface area contributed by atoms with Gasteiger partial charge in [0.2, 0.25) is 5.91 Å². The number of allylic oxidation sites excluding steroid dienone is 1. The SMILES string of the molecule is CCc1cccc(/C=C/C(=O)c2ccccc2)c1NC(=O)CC1c2ccccc2Oc2ccccc21. The summed E-state index contributed by atoms with van der Waals surface area (Å²) in [5.41, 5.74) is 5.20. The van der Waals surface area contributed by atoms with Gasteiger partial charge in [-0.05, 0) is 41.8 Å². The minimum absolute atomic E-state index is 0.0785. The van der Waals surface area contributed by atoms with Gasteiger partial charge in [-0.2, -0.15) is 0 Å². The van der Waals surface area contributed by atoms with Crippen molar-refractivity contribution in [1.29, 1.82) is 0 Å². The molecule has 1 N–H and O–H groups in total. The van der Waals surface area contributed by atoms with Gasteiger partial charge in [0.15, 0.2) is 5.78 Å². The number of rotatable bonds is 7. The van der Waals surface area contributed by atoms with Gasteiger partial charge in [-0.25, -0.2) is 0 Å². The van der Waals surface area contributed by atoms with Gasteiger partial charge >= 0.3 is 0 Å². The summed E-state index contributed by atoms with van der Waals surface area (Å²) in [6, 6.07) is 30.8. The summed E-state index contributed by atoms with van der Waals surface area (Å²) in [6.07, 6.45) is 4.38. The van der Waals surface area contributed by atoms with Crippen LogP contribution in [0.25, 0.3) is 6.08 Å². The highest BCUT2D eigenvalue weighted by molar-refractivity contribution is 6.07. The molecule has 0 bridgehead atoms. The Morgan fingerprint density at radius 1 is 0.806 bits per heavy atom. The molecule has 0 saturated carbocycles. The number of fused-ring (bicyclic) bond motifs is 2. The number of carbonyl (C=O) groups excluding carboxylic acids is 2. The molecule has 4 nitrogen and oxygen atoms in total. The Balaban J connectivity index is 1.41. The number of anilines is 1. The Morgan fingerprint density at radius 3 is 2.11 bits per heavy atom. The van der Waals surface area contributed by atoms with Crippen LogP contribution in [0.3, 0.4) is 0 Å². The molecule has 1 heterocycles. The van der Waals surface area contributed by atoms with Gasteiger partial charge in [0.25, 0.3) is 0 Å². The number of para-hydroxylation sites is 3. The number of ketones is 1. The molecule has 0 aromatic heterocycles. The van der Waals surface area contributed by atoms with Crippen molar-refractivity contribution in [1.82, 2.24) is 0 Å². The highest BCUT2D eigenvalue weighted by atomic mass is 16.5. The fourth-order valence-corrected chi connectivity index (χ4v) is 4.67. The lowest BCUT2D eigenvalue weighted by atomic mass is 9.85. The van der Waals surface area contributed by atoms with Crippen molar-refractivity contribution in [2.75, 3.05) is 5.32 Å². The summed E-state index contributed by atoms with van der Waals surface area (Å²) < 4.78 is 6.08. The molecule has 0 fully saturated rings. The van der Waals surface area contributed by atoms with E-state index in [1.807, 2.05) is 84.9 Å². The topological polar surface area (TPSA) is 55.4 Å². The van der Waals surface area contributed by atoms with E-state index >= 15 is 0 Å². The smallest absolute Gasteiger partial charge is 0.225 e. The number of hydrogen-bond acceptors (Lipinski definition) is 3. The zero-order valence-electron chi connectivity index (χ0n) is 20.1. The monoisotopic (exact) mass is 473 g/mol. The first kappa shape index (κ1) is 23.3. The lowest BCUT2D eigenvalue weighted by molar-refractivity contribution is -0.116. The molecule has 0 atom stereocenters. The van der Waals surface area contributed by atoms with Crippen LogP contribution in [0.1, 0.15) is 51.9 Å². The fraction of sp³-hybridized carbons (Fsp3) is 0.125. The van der Waals surface area contributed by atoms with Gasteiger partial charge in [-0.15, -0.1) is 0 Å². The van der Waals surface area contributed by atoms with Crippen molar-refractivity contribution in [3.8, 4) is 11.5 Å². The van der Waals surface area contributed by atoms with Gasteiger partial charge in [-0.3, -0.25) is 9.59 Å². The summed E-state index contributed by atoms with van der Waals surface area (Å²) in [5.74, 6) is 1.29. The van der Waals surface area contributed by atoms with Gasteiger partial charge < -0.3 is 10.1 Å². The number of benzene rings is 4. The zero-order chi connectivity index (χ0) is 24.9. The Morgan fingerprint density at radius 2 is 1.44 bits per heavy atom. The van der Waals surface area contributed by atoms with E-state index in [-0.39, 0.29) is 24.0 Å². The summed E-state index contributed by atoms with van der Waals surface area (Å²) in [5, 5.41) is 3.16. The van der Waals surface area contributed by atoms with E-state index in [2.05, 4.69) is 12.2 Å². The Bertz CT molecular complexity index is 1390. The third kappa shape index (κ3) is 4.84. The van der Waals surface area contributed by atoms with Crippen LogP contribution in [0.15, 0.2) is 103 Å². The van der Waals surface area contributed by atoms with Crippen molar-refractivity contribution in [2.24, 2.45) is 0 Å². The summed E-state index contributed by atoms with van der Waals surface area (Å²) in [6.45, 7) is 2.05. The first-order chi connectivity index (χ1) is 17.6. The quantitative estimate of drug-likeness (QED) is 0.225. The van der Waals surface area contributed by atoms with Gasteiger partial charge in [0.05, 0.1) is 5.69 Å². The van der Waals surface area contributed by atoms with Gasteiger partial charge in [0.1, 0.15) is 11.5 Å². The van der Waals surface area contributed by atoms with E-state index in [1.165, 1.54) is 0 Å². The molecule has 0 unspecified atom stereocenters. The lowest BCUT2D eigenvalue weighted by Gasteiger charge is -2.28. The average Bonchev–Trinajstić information content (AvgIpc) is 2.92. The molecule has 0 saturated heterocycles. The average molecular weight is 474 g/mol. The minimum atomic E-state index is -0.112. The molecule has 1 aliphatic heterocycles. The molecule has 178 valence electrons. The van der Waals surface area contributed by atoms with Crippen molar-refractivity contribution >= 4 is 23.5 Å². The number of nitrogens with one attached hydrogen (secondary N) is 1. The third-order valence-electron chi connectivity index (χ3n) is 6.50. The van der Waals surface area contributed by atoms with E-state index < -0.39 is 0 Å². The van der Waals surface area contributed by atoms with Gasteiger partial charge in [-0.1, -0.05) is 91.9 Å². The molecule has 1 aliphatic rings. The second kappa shape index (κ2) is 10.4. The first-order valence-corrected chi connectivity index (χ1v) is 12.2. The van der Waals surface area contributed by atoms with Crippen LogP contribution in [0.2, 0.25) is 0 Å². The molecule has 1 amide bonds. The van der Waals surface area contributed by atoms with Gasteiger partial charge in [0, 0.05) is 29.0 Å². The molecule has 0 aliphatic carbocycles. The van der Waals surface area contributed by atoms with E-state index in [0.717, 1.165) is 45.9 Å². The number of amides is 1. The summed E-state index contributed by atoms with van der Waals surface area (Å²) in [7, 11) is 0. The molecule has 4 heteroatoms. The fourth-order valence-electron chi connectivity index (χ4n) is 4.67.